The van der Waals surface area contributed by atoms with Gasteiger partial charge in [-0.05, 0) is 70.2 Å². The van der Waals surface area contributed by atoms with Gasteiger partial charge in [0.25, 0.3) is 0 Å². The first-order valence-corrected chi connectivity index (χ1v) is 9.62. The van der Waals surface area contributed by atoms with E-state index < -0.39 is 5.97 Å². The van der Waals surface area contributed by atoms with Crippen molar-refractivity contribution < 1.29 is 14.6 Å². The third-order valence-corrected chi connectivity index (χ3v) is 5.04. The molecule has 3 aromatic rings. The molecule has 136 valence electrons. The number of benzene rings is 2. The van der Waals surface area contributed by atoms with Crippen molar-refractivity contribution >= 4 is 44.4 Å². The fourth-order valence-corrected chi connectivity index (χ4v) is 3.88. The highest BCUT2D eigenvalue weighted by Crippen LogP contribution is 2.38. The van der Waals surface area contributed by atoms with Crippen molar-refractivity contribution in [3.8, 4) is 11.5 Å². The Hall–Kier alpha value is -1.98. The van der Waals surface area contributed by atoms with E-state index in [9.17, 15) is 4.79 Å². The minimum Gasteiger partial charge on any atom is -0.481 e. The van der Waals surface area contributed by atoms with Crippen LogP contribution >= 0.6 is 27.5 Å². The third kappa shape index (κ3) is 4.22. The summed E-state index contributed by atoms with van der Waals surface area (Å²) >= 11 is 9.74. The Morgan fingerprint density at radius 1 is 1.31 bits per heavy atom. The first-order chi connectivity index (χ1) is 12.5. The summed E-state index contributed by atoms with van der Waals surface area (Å²) in [4.78, 5) is 14.2. The second-order valence-electron chi connectivity index (χ2n) is 6.19. The van der Waals surface area contributed by atoms with Crippen molar-refractivity contribution in [1.82, 2.24) is 4.98 Å². The number of aryl methyl sites for hydroxylation is 1. The van der Waals surface area contributed by atoms with Crippen LogP contribution in [0.25, 0.3) is 10.9 Å². The molecule has 0 atom stereocenters. The van der Waals surface area contributed by atoms with Gasteiger partial charge in [0.2, 0.25) is 0 Å². The van der Waals surface area contributed by atoms with E-state index in [0.717, 1.165) is 30.2 Å². The van der Waals surface area contributed by atoms with Gasteiger partial charge in [-0.15, -0.1) is 0 Å². The minimum atomic E-state index is -0.904. The molecule has 1 aromatic heterocycles. The quantitative estimate of drug-likeness (QED) is 0.454. The molecule has 0 saturated carbocycles. The average Bonchev–Trinajstić information content (AvgIpc) is 2.98. The van der Waals surface area contributed by atoms with Gasteiger partial charge in [-0.25, -0.2) is 0 Å². The van der Waals surface area contributed by atoms with Crippen LogP contribution in [0.1, 0.15) is 30.9 Å². The first-order valence-electron chi connectivity index (χ1n) is 8.45. The summed E-state index contributed by atoms with van der Waals surface area (Å²) < 4.78 is 6.62. The lowest BCUT2D eigenvalue weighted by Crippen LogP contribution is -2.00. The zero-order chi connectivity index (χ0) is 18.7. The fraction of sp³-hybridized carbons (Fsp3) is 0.250. The number of unbranched alkanes of at least 4 members (excludes halogenated alkanes) is 1. The number of hydrogen-bond donors (Lipinski definition) is 2. The molecule has 1 heterocycles. The zero-order valence-electron chi connectivity index (χ0n) is 14.3. The van der Waals surface area contributed by atoms with Gasteiger partial charge in [-0.1, -0.05) is 24.9 Å². The zero-order valence-corrected chi connectivity index (χ0v) is 16.7. The van der Waals surface area contributed by atoms with E-state index in [4.69, 9.17) is 21.4 Å². The molecule has 0 bridgehead atoms. The molecule has 0 unspecified atom stereocenters. The maximum Gasteiger partial charge on any atom is 0.307 e. The number of carbonyl (C=O) groups is 1. The van der Waals surface area contributed by atoms with Crippen molar-refractivity contribution in [1.29, 1.82) is 0 Å². The van der Waals surface area contributed by atoms with Gasteiger partial charge in [0.1, 0.15) is 5.75 Å². The normalized spacial score (nSPS) is 11.0. The minimum absolute atomic E-state index is 0.0886. The van der Waals surface area contributed by atoms with E-state index in [0.29, 0.717) is 26.6 Å². The highest BCUT2D eigenvalue weighted by molar-refractivity contribution is 9.10. The lowest BCUT2D eigenvalue weighted by Gasteiger charge is -2.12. The Balaban J connectivity index is 1.89. The van der Waals surface area contributed by atoms with Gasteiger partial charge in [0, 0.05) is 17.1 Å². The molecule has 0 amide bonds. The number of H-pyrrole nitrogens is 1. The molecule has 2 N–H and O–H groups in total. The average molecular weight is 437 g/mol. The number of aliphatic carboxylic acids is 1. The van der Waals surface area contributed by atoms with Crippen LogP contribution in [0, 0.1) is 0 Å². The van der Waals surface area contributed by atoms with Crippen molar-refractivity contribution in [3.63, 3.8) is 0 Å². The number of ether oxygens (including phenoxy) is 1. The van der Waals surface area contributed by atoms with E-state index in [1.807, 2.05) is 24.4 Å². The Morgan fingerprint density at radius 2 is 2.12 bits per heavy atom. The van der Waals surface area contributed by atoms with Crippen LogP contribution in [-0.4, -0.2) is 16.1 Å². The van der Waals surface area contributed by atoms with Gasteiger partial charge >= 0.3 is 5.97 Å². The number of carboxylic acid groups (broad SMARTS) is 1. The van der Waals surface area contributed by atoms with E-state index in [-0.39, 0.29) is 6.42 Å². The molecule has 0 aliphatic heterocycles. The van der Waals surface area contributed by atoms with Crippen molar-refractivity contribution in [2.75, 3.05) is 0 Å². The predicted molar refractivity (Wildman–Crippen MR) is 107 cm³/mol. The molecule has 0 fully saturated rings. The molecule has 4 nitrogen and oxygen atoms in total. The van der Waals surface area contributed by atoms with Crippen LogP contribution < -0.4 is 4.74 Å². The molecule has 0 saturated heterocycles. The molecule has 0 aliphatic rings. The summed E-state index contributed by atoms with van der Waals surface area (Å²) in [6, 6.07) is 9.22. The number of nitrogens with one attached hydrogen (secondary N) is 1. The van der Waals surface area contributed by atoms with Crippen molar-refractivity contribution in [2.45, 2.75) is 32.6 Å². The summed E-state index contributed by atoms with van der Waals surface area (Å²) in [6.07, 6.45) is 5.27. The topological polar surface area (TPSA) is 62.3 Å². The van der Waals surface area contributed by atoms with Crippen molar-refractivity contribution in [2.24, 2.45) is 0 Å². The standard InChI is InChI=1S/C20H19BrClNO3/c1-2-3-4-13-11-23-18-6-5-14(10-15(13)18)26-20-16(21)7-12(8-17(20)22)9-19(24)25/h5-8,10-11,23H,2-4,9H2,1H3,(H,24,25). The van der Waals surface area contributed by atoms with Crippen LogP contribution in [0.4, 0.5) is 0 Å². The number of halogens is 2. The van der Waals surface area contributed by atoms with Gasteiger partial charge in [-0.2, -0.15) is 0 Å². The van der Waals surface area contributed by atoms with Crippen LogP contribution in [0.3, 0.4) is 0 Å². The number of aromatic amines is 1. The van der Waals surface area contributed by atoms with Crippen LogP contribution in [0.5, 0.6) is 11.5 Å². The predicted octanol–water partition coefficient (Wildman–Crippen LogP) is 6.35. The van der Waals surface area contributed by atoms with Gasteiger partial charge in [0.05, 0.1) is 15.9 Å². The lowest BCUT2D eigenvalue weighted by atomic mass is 10.1. The molecule has 0 spiro atoms. The second kappa shape index (κ2) is 8.14. The van der Waals surface area contributed by atoms with E-state index in [2.05, 4.69) is 27.8 Å². The molecule has 26 heavy (non-hydrogen) atoms. The molecular formula is C20H19BrClNO3. The number of aromatic nitrogens is 1. The molecule has 6 heteroatoms. The number of fused-ring (bicyclic) bond motifs is 1. The van der Waals surface area contributed by atoms with Crippen LogP contribution in [0.15, 0.2) is 41.0 Å². The molecule has 2 aromatic carbocycles. The number of rotatable bonds is 7. The summed E-state index contributed by atoms with van der Waals surface area (Å²) in [6.45, 7) is 2.18. The van der Waals surface area contributed by atoms with Crippen molar-refractivity contribution in [3.05, 3.63) is 57.2 Å². The molecular weight excluding hydrogens is 418 g/mol. The van der Waals surface area contributed by atoms with E-state index in [1.165, 1.54) is 5.56 Å². The Kier molecular flexibility index (Phi) is 5.89. The highest BCUT2D eigenvalue weighted by Gasteiger charge is 2.13. The lowest BCUT2D eigenvalue weighted by molar-refractivity contribution is -0.136. The molecule has 0 radical (unpaired) electrons. The Morgan fingerprint density at radius 3 is 2.81 bits per heavy atom. The summed E-state index contributed by atoms with van der Waals surface area (Å²) in [5.41, 5.74) is 2.96. The number of carboxylic acids is 1. The Bertz CT molecular complexity index is 928. The number of hydrogen-bond acceptors (Lipinski definition) is 2. The Labute approximate surface area is 165 Å². The SMILES string of the molecule is CCCCc1c[nH]c2ccc(Oc3c(Cl)cc(CC(=O)O)cc3Br)cc12. The van der Waals surface area contributed by atoms with Gasteiger partial charge in [0.15, 0.2) is 5.75 Å². The van der Waals surface area contributed by atoms with Gasteiger partial charge < -0.3 is 14.8 Å². The molecule has 3 rings (SSSR count). The largest absolute Gasteiger partial charge is 0.481 e. The second-order valence-corrected chi connectivity index (χ2v) is 7.45. The maximum absolute atomic E-state index is 10.9. The van der Waals surface area contributed by atoms with Crippen LogP contribution in [0.2, 0.25) is 5.02 Å². The first kappa shape index (κ1) is 18.8. The van der Waals surface area contributed by atoms with E-state index >= 15 is 0 Å². The molecule has 0 aliphatic carbocycles. The maximum atomic E-state index is 10.9. The van der Waals surface area contributed by atoms with E-state index in [1.54, 1.807) is 12.1 Å². The fourth-order valence-electron chi connectivity index (χ4n) is 2.90. The van der Waals surface area contributed by atoms with Crippen LogP contribution in [-0.2, 0) is 17.6 Å². The third-order valence-electron chi connectivity index (χ3n) is 4.17. The smallest absolute Gasteiger partial charge is 0.307 e. The highest BCUT2D eigenvalue weighted by atomic mass is 79.9. The van der Waals surface area contributed by atoms with Gasteiger partial charge in [-0.3, -0.25) is 4.79 Å². The monoisotopic (exact) mass is 435 g/mol. The summed E-state index contributed by atoms with van der Waals surface area (Å²) in [5, 5.41) is 10.4. The summed E-state index contributed by atoms with van der Waals surface area (Å²) in [7, 11) is 0. The summed E-state index contributed by atoms with van der Waals surface area (Å²) in [5.74, 6) is 0.258.